The second-order valence-corrected chi connectivity index (χ2v) is 10.1. The van der Waals surface area contributed by atoms with Crippen LogP contribution in [-0.2, 0) is 37.0 Å². The molecule has 2 aromatic rings. The van der Waals surface area contributed by atoms with Crippen molar-refractivity contribution in [3.8, 4) is 0 Å². The minimum Gasteiger partial charge on any atom is -0.473 e. The first-order valence-electron chi connectivity index (χ1n) is 13.8. The summed E-state index contributed by atoms with van der Waals surface area (Å²) in [4.78, 5) is 48.5. The van der Waals surface area contributed by atoms with E-state index < -0.39 is 18.0 Å². The molecule has 4 rings (SSSR count). The van der Waals surface area contributed by atoms with Crippen LogP contribution in [0.1, 0.15) is 36.8 Å². The largest absolute Gasteiger partial charge is 0.473 e. The Morgan fingerprint density at radius 1 is 0.707 bits per heavy atom. The van der Waals surface area contributed by atoms with Gasteiger partial charge >= 0.3 is 24.1 Å². The van der Waals surface area contributed by atoms with Crippen molar-refractivity contribution in [1.29, 1.82) is 0 Å². The second-order valence-electron chi connectivity index (χ2n) is 10.1. The number of benzene rings is 2. The van der Waals surface area contributed by atoms with E-state index in [-0.39, 0.29) is 37.7 Å². The number of esters is 1. The Morgan fingerprint density at radius 2 is 1.17 bits per heavy atom. The number of rotatable bonds is 7. The van der Waals surface area contributed by atoms with Crippen LogP contribution < -0.4 is 0 Å². The fourth-order valence-electron chi connectivity index (χ4n) is 4.62. The molecule has 0 radical (unpaired) electrons. The van der Waals surface area contributed by atoms with Gasteiger partial charge in [0.25, 0.3) is 0 Å². The zero-order valence-corrected chi connectivity index (χ0v) is 23.1. The first-order chi connectivity index (χ1) is 19.9. The standard InChI is InChI=1S/C16H19NO6.C14H19NO3/c18-14(19)15(20)22-11-13-7-4-8-17(9-13)16(21)23-10-12-5-2-1-3-6-12;16-10-13-7-4-8-15(9-13)14(17)18-11-12-5-2-1-3-6-12/h1-3,5-6,13H,4,7-11H2,(H,18,19);1-3,5-6,13,16H,4,7-11H2. The third-order valence-electron chi connectivity index (χ3n) is 6.85. The van der Waals surface area contributed by atoms with Crippen molar-refractivity contribution < 1.29 is 43.6 Å². The summed E-state index contributed by atoms with van der Waals surface area (Å²) in [6, 6.07) is 19.0. The number of carboxylic acid groups (broad SMARTS) is 1. The number of carboxylic acids is 1. The minimum atomic E-state index is -1.61. The van der Waals surface area contributed by atoms with Crippen molar-refractivity contribution in [3.05, 3.63) is 71.8 Å². The Hall–Kier alpha value is -4.12. The number of ether oxygens (including phenoxy) is 3. The van der Waals surface area contributed by atoms with Gasteiger partial charge < -0.3 is 34.2 Å². The van der Waals surface area contributed by atoms with Crippen LogP contribution in [0, 0.1) is 11.8 Å². The monoisotopic (exact) mass is 570 g/mol. The van der Waals surface area contributed by atoms with Gasteiger partial charge in [-0.15, -0.1) is 0 Å². The van der Waals surface area contributed by atoms with Gasteiger partial charge in [-0.25, -0.2) is 19.2 Å². The van der Waals surface area contributed by atoms with Gasteiger partial charge in [0.15, 0.2) is 0 Å². The Kier molecular flexibility index (Phi) is 12.9. The lowest BCUT2D eigenvalue weighted by Crippen LogP contribution is -2.41. The fourth-order valence-corrected chi connectivity index (χ4v) is 4.62. The summed E-state index contributed by atoms with van der Waals surface area (Å²) in [5.74, 6) is -2.76. The number of nitrogens with zero attached hydrogens (tertiary/aromatic N) is 2. The highest BCUT2D eigenvalue weighted by molar-refractivity contribution is 6.28. The molecule has 2 aliphatic heterocycles. The van der Waals surface area contributed by atoms with E-state index in [1.807, 2.05) is 60.7 Å². The van der Waals surface area contributed by atoms with Crippen LogP contribution in [-0.4, -0.2) is 83.5 Å². The maximum Gasteiger partial charge on any atom is 0.417 e. The molecular formula is C30H38N2O9. The van der Waals surface area contributed by atoms with E-state index in [2.05, 4.69) is 4.74 Å². The summed E-state index contributed by atoms with van der Waals surface area (Å²) in [6.45, 7) is 2.94. The molecule has 0 bridgehead atoms. The molecule has 0 saturated carbocycles. The highest BCUT2D eigenvalue weighted by atomic mass is 16.6. The molecule has 2 atom stereocenters. The molecule has 41 heavy (non-hydrogen) atoms. The Morgan fingerprint density at radius 3 is 1.63 bits per heavy atom. The molecule has 2 fully saturated rings. The van der Waals surface area contributed by atoms with Gasteiger partial charge in [0.05, 0.1) is 6.61 Å². The number of carbonyl (C=O) groups excluding carboxylic acids is 3. The first-order valence-corrected chi connectivity index (χ1v) is 13.8. The fraction of sp³-hybridized carbons (Fsp3) is 0.467. The van der Waals surface area contributed by atoms with E-state index in [0.29, 0.717) is 26.2 Å². The summed E-state index contributed by atoms with van der Waals surface area (Å²) in [6.07, 6.45) is 2.76. The minimum absolute atomic E-state index is 0.00635. The van der Waals surface area contributed by atoms with Crippen LogP contribution in [0.5, 0.6) is 0 Å². The van der Waals surface area contributed by atoms with Gasteiger partial charge in [-0.1, -0.05) is 60.7 Å². The van der Waals surface area contributed by atoms with E-state index in [1.54, 1.807) is 9.80 Å². The average molecular weight is 571 g/mol. The number of carbonyl (C=O) groups is 4. The molecule has 2 aliphatic rings. The lowest BCUT2D eigenvalue weighted by atomic mass is 9.99. The van der Waals surface area contributed by atoms with Crippen LogP contribution in [0.3, 0.4) is 0 Å². The maximum absolute atomic E-state index is 12.1. The third-order valence-corrected chi connectivity index (χ3v) is 6.85. The van der Waals surface area contributed by atoms with Gasteiger partial charge in [0.2, 0.25) is 0 Å². The topological polar surface area (TPSA) is 143 Å². The van der Waals surface area contributed by atoms with Crippen molar-refractivity contribution in [1.82, 2.24) is 9.80 Å². The number of hydrogen-bond donors (Lipinski definition) is 2. The lowest BCUT2D eigenvalue weighted by molar-refractivity contribution is -0.165. The van der Waals surface area contributed by atoms with Gasteiger partial charge in [-0.05, 0) is 42.7 Å². The molecule has 2 aromatic carbocycles. The highest BCUT2D eigenvalue weighted by Crippen LogP contribution is 2.19. The second kappa shape index (κ2) is 16.9. The number of hydrogen-bond acceptors (Lipinski definition) is 8. The molecule has 0 aromatic heterocycles. The van der Waals surface area contributed by atoms with Crippen molar-refractivity contribution in [2.45, 2.75) is 38.9 Å². The molecule has 0 spiro atoms. The molecular weight excluding hydrogens is 532 g/mol. The summed E-state index contributed by atoms with van der Waals surface area (Å²) >= 11 is 0. The zero-order chi connectivity index (χ0) is 29.5. The third kappa shape index (κ3) is 11.1. The summed E-state index contributed by atoms with van der Waals surface area (Å²) in [7, 11) is 0. The van der Waals surface area contributed by atoms with E-state index >= 15 is 0 Å². The van der Waals surface area contributed by atoms with E-state index in [9.17, 15) is 19.2 Å². The Balaban J connectivity index is 0.000000232. The van der Waals surface area contributed by atoms with Crippen molar-refractivity contribution >= 4 is 24.1 Å². The number of piperidine rings is 2. The molecule has 11 nitrogen and oxygen atoms in total. The molecule has 2 saturated heterocycles. The Labute approximate surface area is 239 Å². The first kappa shape index (κ1) is 31.4. The summed E-state index contributed by atoms with van der Waals surface area (Å²) < 4.78 is 15.2. The van der Waals surface area contributed by atoms with Crippen molar-refractivity contribution in [2.24, 2.45) is 11.8 Å². The van der Waals surface area contributed by atoms with Gasteiger partial charge in [-0.2, -0.15) is 0 Å². The normalized spacial score (nSPS) is 18.4. The maximum atomic E-state index is 12.1. The average Bonchev–Trinajstić information content (AvgIpc) is 3.02. The van der Waals surface area contributed by atoms with E-state index in [4.69, 9.17) is 19.7 Å². The Bertz CT molecular complexity index is 1110. The van der Waals surface area contributed by atoms with Crippen molar-refractivity contribution in [2.75, 3.05) is 39.4 Å². The number of aliphatic carboxylic acids is 1. The smallest absolute Gasteiger partial charge is 0.417 e. The van der Waals surface area contributed by atoms with E-state index in [0.717, 1.165) is 43.4 Å². The number of likely N-dealkylation sites (tertiary alicyclic amines) is 2. The zero-order valence-electron chi connectivity index (χ0n) is 23.1. The summed E-state index contributed by atoms with van der Waals surface area (Å²) in [5, 5.41) is 17.6. The highest BCUT2D eigenvalue weighted by Gasteiger charge is 2.27. The number of aliphatic hydroxyl groups is 1. The van der Waals surface area contributed by atoms with Crippen LogP contribution in [0.2, 0.25) is 0 Å². The summed E-state index contributed by atoms with van der Waals surface area (Å²) in [5.41, 5.74) is 1.89. The SMILES string of the molecule is O=C(O)C(=O)OCC1CCCN(C(=O)OCc2ccccc2)C1.O=C(OCc1ccccc1)N1CCCC(CO)C1. The van der Waals surface area contributed by atoms with E-state index in [1.165, 1.54) is 0 Å². The quantitative estimate of drug-likeness (QED) is 0.289. The molecule has 222 valence electrons. The predicted molar refractivity (Wildman–Crippen MR) is 148 cm³/mol. The van der Waals surface area contributed by atoms with Crippen LogP contribution >= 0.6 is 0 Å². The number of aliphatic hydroxyl groups excluding tert-OH is 1. The van der Waals surface area contributed by atoms with Gasteiger partial charge in [0, 0.05) is 38.7 Å². The van der Waals surface area contributed by atoms with Crippen LogP contribution in [0.4, 0.5) is 9.59 Å². The molecule has 2 heterocycles. The molecule has 11 heteroatoms. The van der Waals surface area contributed by atoms with Gasteiger partial charge in [-0.3, -0.25) is 0 Å². The molecule has 2 amide bonds. The van der Waals surface area contributed by atoms with Crippen LogP contribution in [0.25, 0.3) is 0 Å². The molecule has 0 aliphatic carbocycles. The predicted octanol–water partition coefficient (Wildman–Crippen LogP) is 3.69. The van der Waals surface area contributed by atoms with Crippen LogP contribution in [0.15, 0.2) is 60.7 Å². The number of amides is 2. The molecule has 2 unspecified atom stereocenters. The van der Waals surface area contributed by atoms with Gasteiger partial charge in [0.1, 0.15) is 13.2 Å². The van der Waals surface area contributed by atoms with Crippen molar-refractivity contribution in [3.63, 3.8) is 0 Å². The molecule has 2 N–H and O–H groups in total. The lowest BCUT2D eigenvalue weighted by Gasteiger charge is -2.31.